The molecule has 0 aromatic carbocycles. The number of hydrogen-bond donors (Lipinski definition) is 2. The van der Waals surface area contributed by atoms with Gasteiger partial charge in [-0.15, -0.1) is 0 Å². The van der Waals surface area contributed by atoms with Gasteiger partial charge in [0.15, 0.2) is 5.69 Å². The average Bonchev–Trinajstić information content (AvgIpc) is 2.59. The lowest BCUT2D eigenvalue weighted by atomic mass is 10.1. The van der Waals surface area contributed by atoms with Crippen LogP contribution in [0.2, 0.25) is 0 Å². The molecule has 0 bridgehead atoms. The molecule has 6 nitrogen and oxygen atoms in total. The van der Waals surface area contributed by atoms with Crippen LogP contribution in [0.15, 0.2) is 0 Å². The Bertz CT molecular complexity index is 386. The van der Waals surface area contributed by atoms with Crippen molar-refractivity contribution in [3.63, 3.8) is 0 Å². The maximum Gasteiger partial charge on any atom is 0.356 e. The predicted molar refractivity (Wildman–Crippen MR) is 49.6 cm³/mol. The third-order valence-electron chi connectivity index (χ3n) is 2.42. The lowest BCUT2D eigenvalue weighted by Crippen LogP contribution is -2.15. The molecule has 0 radical (unpaired) electrons. The van der Waals surface area contributed by atoms with Gasteiger partial charge in [0, 0.05) is 12.0 Å². The molecule has 2 heterocycles. The van der Waals surface area contributed by atoms with Crippen molar-refractivity contribution in [1.29, 1.82) is 0 Å². The largest absolute Gasteiger partial charge is 0.476 e. The maximum absolute atomic E-state index is 10.9. The summed E-state index contributed by atoms with van der Waals surface area (Å²) in [4.78, 5) is 10.9. The first-order valence-corrected chi connectivity index (χ1v) is 4.74. The maximum atomic E-state index is 10.9. The standard InChI is InChI=1S/C9H12N2O4/c12-3-2-11-7-5-15-4-1-6(7)8(10-11)9(13)14/h12H,1-5H2,(H,13,14). The summed E-state index contributed by atoms with van der Waals surface area (Å²) in [6.45, 7) is 1.14. The van der Waals surface area contributed by atoms with Gasteiger partial charge >= 0.3 is 5.97 Å². The summed E-state index contributed by atoms with van der Waals surface area (Å²) in [5.41, 5.74) is 1.59. The highest BCUT2D eigenvalue weighted by Gasteiger charge is 2.24. The van der Waals surface area contributed by atoms with Crippen LogP contribution in [0.5, 0.6) is 0 Å². The second-order valence-electron chi connectivity index (χ2n) is 3.33. The second-order valence-corrected chi connectivity index (χ2v) is 3.33. The van der Waals surface area contributed by atoms with Crippen LogP contribution in [0.3, 0.4) is 0 Å². The highest BCUT2D eigenvalue weighted by Crippen LogP contribution is 2.20. The van der Waals surface area contributed by atoms with E-state index in [1.807, 2.05) is 0 Å². The van der Waals surface area contributed by atoms with Crippen molar-refractivity contribution in [3.8, 4) is 0 Å². The van der Waals surface area contributed by atoms with Gasteiger partial charge < -0.3 is 14.9 Å². The molecule has 2 rings (SSSR count). The fourth-order valence-corrected chi connectivity index (χ4v) is 1.75. The Hall–Kier alpha value is -1.40. The van der Waals surface area contributed by atoms with E-state index >= 15 is 0 Å². The number of fused-ring (bicyclic) bond motifs is 1. The van der Waals surface area contributed by atoms with Crippen molar-refractivity contribution >= 4 is 5.97 Å². The number of aliphatic hydroxyl groups excluding tert-OH is 1. The third kappa shape index (κ3) is 1.73. The first kappa shape index (κ1) is 10.1. The molecule has 0 spiro atoms. The lowest BCUT2D eigenvalue weighted by molar-refractivity contribution is 0.0686. The topological polar surface area (TPSA) is 84.6 Å². The van der Waals surface area contributed by atoms with Crippen molar-refractivity contribution in [2.75, 3.05) is 13.2 Å². The van der Waals surface area contributed by atoms with Gasteiger partial charge in [0.25, 0.3) is 0 Å². The lowest BCUT2D eigenvalue weighted by Gasteiger charge is -2.14. The van der Waals surface area contributed by atoms with Gasteiger partial charge in [0.05, 0.1) is 32.1 Å². The van der Waals surface area contributed by atoms with E-state index in [4.69, 9.17) is 14.9 Å². The number of aromatic nitrogens is 2. The molecular weight excluding hydrogens is 200 g/mol. The normalized spacial score (nSPS) is 15.0. The zero-order valence-corrected chi connectivity index (χ0v) is 8.14. The summed E-state index contributed by atoms with van der Waals surface area (Å²) in [7, 11) is 0. The number of ether oxygens (including phenoxy) is 1. The second kappa shape index (κ2) is 4.00. The first-order valence-electron chi connectivity index (χ1n) is 4.74. The minimum atomic E-state index is -1.02. The van der Waals surface area contributed by atoms with Crippen molar-refractivity contribution in [3.05, 3.63) is 17.0 Å². The minimum Gasteiger partial charge on any atom is -0.476 e. The van der Waals surface area contributed by atoms with Gasteiger partial charge in [0.1, 0.15) is 0 Å². The summed E-state index contributed by atoms with van der Waals surface area (Å²) in [5, 5.41) is 21.7. The predicted octanol–water partition coefficient (Wildman–Crippen LogP) is -0.354. The van der Waals surface area contributed by atoms with Crippen molar-refractivity contribution in [1.82, 2.24) is 9.78 Å². The molecule has 1 aliphatic heterocycles. The molecule has 1 aliphatic rings. The van der Waals surface area contributed by atoms with E-state index in [1.165, 1.54) is 4.68 Å². The fraction of sp³-hybridized carbons (Fsp3) is 0.556. The van der Waals surface area contributed by atoms with E-state index in [9.17, 15) is 4.79 Å². The van der Waals surface area contributed by atoms with Crippen LogP contribution in [-0.2, 0) is 24.3 Å². The van der Waals surface area contributed by atoms with E-state index in [2.05, 4.69) is 5.10 Å². The molecule has 0 saturated heterocycles. The smallest absolute Gasteiger partial charge is 0.356 e. The molecule has 1 aromatic rings. The van der Waals surface area contributed by atoms with E-state index < -0.39 is 5.97 Å². The first-order chi connectivity index (χ1) is 7.24. The van der Waals surface area contributed by atoms with Gasteiger partial charge in [-0.25, -0.2) is 4.79 Å². The number of hydrogen-bond acceptors (Lipinski definition) is 4. The molecular formula is C9H12N2O4. The SMILES string of the molecule is O=C(O)c1nn(CCO)c2c1CCOC2. The Labute approximate surface area is 86.1 Å². The Morgan fingerprint density at radius 1 is 1.60 bits per heavy atom. The van der Waals surface area contributed by atoms with Crippen LogP contribution in [0.1, 0.15) is 21.7 Å². The number of carbonyl (C=O) groups is 1. The zero-order valence-electron chi connectivity index (χ0n) is 8.14. The molecule has 2 N–H and O–H groups in total. The van der Waals surface area contributed by atoms with Crippen LogP contribution in [-0.4, -0.2) is 39.2 Å². The van der Waals surface area contributed by atoms with Gasteiger partial charge in [-0.05, 0) is 0 Å². The summed E-state index contributed by atoms with van der Waals surface area (Å²) in [5.74, 6) is -1.02. The number of aromatic carboxylic acids is 1. The molecule has 0 saturated carbocycles. The summed E-state index contributed by atoms with van der Waals surface area (Å²) >= 11 is 0. The molecule has 82 valence electrons. The fourth-order valence-electron chi connectivity index (χ4n) is 1.75. The average molecular weight is 212 g/mol. The molecule has 0 aliphatic carbocycles. The number of aliphatic hydroxyl groups is 1. The van der Waals surface area contributed by atoms with Crippen LogP contribution in [0, 0.1) is 0 Å². The van der Waals surface area contributed by atoms with Gasteiger partial charge in [0.2, 0.25) is 0 Å². The number of carboxylic acids is 1. The van der Waals surface area contributed by atoms with E-state index in [0.717, 1.165) is 11.3 Å². The number of carboxylic acid groups (broad SMARTS) is 1. The molecule has 6 heteroatoms. The van der Waals surface area contributed by atoms with Crippen molar-refractivity contribution in [2.24, 2.45) is 0 Å². The van der Waals surface area contributed by atoms with Gasteiger partial charge in [-0.1, -0.05) is 0 Å². The molecule has 15 heavy (non-hydrogen) atoms. The molecule has 0 fully saturated rings. The van der Waals surface area contributed by atoms with Crippen LogP contribution >= 0.6 is 0 Å². The molecule has 0 amide bonds. The number of rotatable bonds is 3. The van der Waals surface area contributed by atoms with Crippen molar-refractivity contribution < 1.29 is 19.7 Å². The zero-order chi connectivity index (χ0) is 10.8. The van der Waals surface area contributed by atoms with Gasteiger partial charge in [-0.3, -0.25) is 4.68 Å². The van der Waals surface area contributed by atoms with Crippen LogP contribution in [0.4, 0.5) is 0 Å². The Morgan fingerprint density at radius 3 is 3.07 bits per heavy atom. The third-order valence-corrected chi connectivity index (χ3v) is 2.42. The van der Waals surface area contributed by atoms with E-state index in [0.29, 0.717) is 26.2 Å². The molecule has 0 unspecified atom stereocenters. The van der Waals surface area contributed by atoms with E-state index in [1.54, 1.807) is 0 Å². The Morgan fingerprint density at radius 2 is 2.40 bits per heavy atom. The summed E-state index contributed by atoms with van der Waals surface area (Å²) in [6.07, 6.45) is 0.572. The highest BCUT2D eigenvalue weighted by atomic mass is 16.5. The van der Waals surface area contributed by atoms with Gasteiger partial charge in [-0.2, -0.15) is 5.10 Å². The highest BCUT2D eigenvalue weighted by molar-refractivity contribution is 5.87. The summed E-state index contributed by atoms with van der Waals surface area (Å²) in [6, 6.07) is 0. The Kier molecular flexibility index (Phi) is 2.70. The van der Waals surface area contributed by atoms with E-state index in [-0.39, 0.29) is 12.3 Å². The number of nitrogens with zero attached hydrogens (tertiary/aromatic N) is 2. The minimum absolute atomic E-state index is 0.0623. The molecule has 1 aromatic heterocycles. The van der Waals surface area contributed by atoms with Crippen LogP contribution < -0.4 is 0 Å². The molecule has 0 atom stereocenters. The monoisotopic (exact) mass is 212 g/mol. The van der Waals surface area contributed by atoms with Crippen molar-refractivity contribution in [2.45, 2.75) is 19.6 Å². The summed E-state index contributed by atoms with van der Waals surface area (Å²) < 4.78 is 6.75. The van der Waals surface area contributed by atoms with Crippen LogP contribution in [0.25, 0.3) is 0 Å². The Balaban J connectivity index is 2.44. The quantitative estimate of drug-likeness (QED) is 0.715.